The smallest absolute Gasteiger partial charge is 0.236 e. The molecule has 1 amide bonds. The lowest BCUT2D eigenvalue weighted by Crippen LogP contribution is -2.41. The van der Waals surface area contributed by atoms with Crippen LogP contribution >= 0.6 is 0 Å². The lowest BCUT2D eigenvalue weighted by molar-refractivity contribution is -0.122. The van der Waals surface area contributed by atoms with Crippen molar-refractivity contribution in [2.45, 2.75) is 39.3 Å². The molecule has 1 aromatic rings. The molecule has 1 unspecified atom stereocenters. The van der Waals surface area contributed by atoms with Crippen LogP contribution in [0.4, 0.5) is 5.69 Å². The summed E-state index contributed by atoms with van der Waals surface area (Å²) < 4.78 is 0. The maximum Gasteiger partial charge on any atom is 0.236 e. The van der Waals surface area contributed by atoms with Crippen molar-refractivity contribution in [1.82, 2.24) is 10.6 Å². The number of anilines is 1. The maximum atomic E-state index is 11.7. The lowest BCUT2D eigenvalue weighted by atomic mass is 10.1. The average Bonchev–Trinajstić information content (AvgIpc) is 2.99. The minimum atomic E-state index is -0.165. The Morgan fingerprint density at radius 2 is 2.00 bits per heavy atom. The second-order valence-corrected chi connectivity index (χ2v) is 5.32. The number of nitrogens with one attached hydrogen (secondary N) is 2. The molecule has 4 nitrogen and oxygen atoms in total. The van der Waals surface area contributed by atoms with Crippen molar-refractivity contribution in [2.75, 3.05) is 24.5 Å². The SMILES string of the molecule is CCNC(=O)C(C)NCc1ccccc1N1CCCC1. The van der Waals surface area contributed by atoms with E-state index in [0.717, 1.165) is 19.6 Å². The summed E-state index contributed by atoms with van der Waals surface area (Å²) in [5.41, 5.74) is 2.58. The van der Waals surface area contributed by atoms with Crippen molar-refractivity contribution in [3.05, 3.63) is 29.8 Å². The van der Waals surface area contributed by atoms with E-state index in [1.807, 2.05) is 13.8 Å². The molecular weight excluding hydrogens is 250 g/mol. The first-order chi connectivity index (χ1) is 9.72. The molecule has 2 rings (SSSR count). The molecule has 0 bridgehead atoms. The number of carbonyl (C=O) groups is 1. The summed E-state index contributed by atoms with van der Waals surface area (Å²) in [6.45, 7) is 7.53. The van der Waals surface area contributed by atoms with E-state index >= 15 is 0 Å². The minimum absolute atomic E-state index is 0.0613. The first kappa shape index (κ1) is 14.9. The highest BCUT2D eigenvalue weighted by molar-refractivity contribution is 5.81. The monoisotopic (exact) mass is 275 g/mol. The molecule has 1 aliphatic rings. The normalized spacial score (nSPS) is 16.2. The van der Waals surface area contributed by atoms with Crippen LogP contribution in [0.25, 0.3) is 0 Å². The number of rotatable bonds is 6. The fourth-order valence-electron chi connectivity index (χ4n) is 2.61. The van der Waals surface area contributed by atoms with Gasteiger partial charge in [-0.2, -0.15) is 0 Å². The van der Waals surface area contributed by atoms with E-state index in [1.54, 1.807) is 0 Å². The quantitative estimate of drug-likeness (QED) is 0.833. The summed E-state index contributed by atoms with van der Waals surface area (Å²) in [6, 6.07) is 8.31. The molecule has 2 N–H and O–H groups in total. The number of carbonyl (C=O) groups excluding carboxylic acids is 1. The van der Waals surface area contributed by atoms with Crippen molar-refractivity contribution in [1.29, 1.82) is 0 Å². The Labute approximate surface area is 121 Å². The van der Waals surface area contributed by atoms with Gasteiger partial charge in [0.2, 0.25) is 5.91 Å². The molecule has 20 heavy (non-hydrogen) atoms. The second kappa shape index (κ2) is 7.29. The number of para-hydroxylation sites is 1. The van der Waals surface area contributed by atoms with Crippen LogP contribution in [-0.4, -0.2) is 31.6 Å². The Kier molecular flexibility index (Phi) is 5.41. The van der Waals surface area contributed by atoms with Crippen LogP contribution in [0.15, 0.2) is 24.3 Å². The Hall–Kier alpha value is -1.55. The first-order valence-corrected chi connectivity index (χ1v) is 7.56. The van der Waals surface area contributed by atoms with Gasteiger partial charge in [-0.3, -0.25) is 4.79 Å². The number of hydrogen-bond donors (Lipinski definition) is 2. The fraction of sp³-hybridized carbons (Fsp3) is 0.562. The topological polar surface area (TPSA) is 44.4 Å². The van der Waals surface area contributed by atoms with Crippen molar-refractivity contribution >= 4 is 11.6 Å². The summed E-state index contributed by atoms with van der Waals surface area (Å²) in [7, 11) is 0. The van der Waals surface area contributed by atoms with Crippen molar-refractivity contribution in [2.24, 2.45) is 0 Å². The highest BCUT2D eigenvalue weighted by Crippen LogP contribution is 2.24. The van der Waals surface area contributed by atoms with E-state index in [-0.39, 0.29) is 11.9 Å². The zero-order chi connectivity index (χ0) is 14.4. The molecular formula is C16H25N3O. The Morgan fingerprint density at radius 3 is 2.70 bits per heavy atom. The van der Waals surface area contributed by atoms with Crippen LogP contribution in [0.5, 0.6) is 0 Å². The summed E-state index contributed by atoms with van der Waals surface area (Å²) >= 11 is 0. The van der Waals surface area contributed by atoms with E-state index in [1.165, 1.54) is 24.1 Å². The Balaban J connectivity index is 1.97. The average molecular weight is 275 g/mol. The highest BCUT2D eigenvalue weighted by Gasteiger charge is 2.16. The van der Waals surface area contributed by atoms with Gasteiger partial charge >= 0.3 is 0 Å². The van der Waals surface area contributed by atoms with E-state index in [4.69, 9.17) is 0 Å². The summed E-state index contributed by atoms with van der Waals surface area (Å²) in [5.74, 6) is 0.0613. The molecule has 0 saturated carbocycles. The number of benzene rings is 1. The third-order valence-electron chi connectivity index (χ3n) is 3.78. The van der Waals surface area contributed by atoms with Crippen LogP contribution in [0.2, 0.25) is 0 Å². The Bertz CT molecular complexity index is 441. The molecule has 110 valence electrons. The van der Waals surface area contributed by atoms with E-state index in [9.17, 15) is 4.79 Å². The van der Waals surface area contributed by atoms with Gasteiger partial charge in [-0.25, -0.2) is 0 Å². The van der Waals surface area contributed by atoms with Crippen LogP contribution in [-0.2, 0) is 11.3 Å². The molecule has 1 atom stereocenters. The molecule has 4 heteroatoms. The zero-order valence-corrected chi connectivity index (χ0v) is 12.5. The van der Waals surface area contributed by atoms with Crippen LogP contribution < -0.4 is 15.5 Å². The van der Waals surface area contributed by atoms with E-state index in [2.05, 4.69) is 39.8 Å². The van der Waals surface area contributed by atoms with Crippen LogP contribution in [0.1, 0.15) is 32.3 Å². The van der Waals surface area contributed by atoms with Gasteiger partial charge < -0.3 is 15.5 Å². The predicted octanol–water partition coefficient (Wildman–Crippen LogP) is 1.90. The summed E-state index contributed by atoms with van der Waals surface area (Å²) in [6.07, 6.45) is 2.55. The maximum absolute atomic E-state index is 11.7. The first-order valence-electron chi connectivity index (χ1n) is 7.56. The van der Waals surface area contributed by atoms with Gasteiger partial charge in [0.15, 0.2) is 0 Å². The van der Waals surface area contributed by atoms with Gasteiger partial charge in [0.25, 0.3) is 0 Å². The summed E-state index contributed by atoms with van der Waals surface area (Å²) in [4.78, 5) is 14.2. The van der Waals surface area contributed by atoms with E-state index in [0.29, 0.717) is 6.54 Å². The zero-order valence-electron chi connectivity index (χ0n) is 12.5. The molecule has 1 saturated heterocycles. The molecule has 0 spiro atoms. The molecule has 0 radical (unpaired) electrons. The predicted molar refractivity (Wildman–Crippen MR) is 82.9 cm³/mol. The van der Waals surface area contributed by atoms with Crippen molar-refractivity contribution in [3.8, 4) is 0 Å². The molecule has 0 aliphatic carbocycles. The third-order valence-corrected chi connectivity index (χ3v) is 3.78. The number of likely N-dealkylation sites (N-methyl/N-ethyl adjacent to an activating group) is 1. The van der Waals surface area contributed by atoms with Crippen molar-refractivity contribution in [3.63, 3.8) is 0 Å². The number of nitrogens with zero attached hydrogens (tertiary/aromatic N) is 1. The van der Waals surface area contributed by atoms with Gasteiger partial charge in [0, 0.05) is 31.9 Å². The molecule has 1 aliphatic heterocycles. The van der Waals surface area contributed by atoms with Gasteiger partial charge in [-0.05, 0) is 38.3 Å². The fourth-order valence-corrected chi connectivity index (χ4v) is 2.61. The summed E-state index contributed by atoms with van der Waals surface area (Å²) in [5, 5.41) is 6.15. The Morgan fingerprint density at radius 1 is 1.30 bits per heavy atom. The minimum Gasteiger partial charge on any atom is -0.371 e. The lowest BCUT2D eigenvalue weighted by Gasteiger charge is -2.22. The highest BCUT2D eigenvalue weighted by atomic mass is 16.2. The molecule has 0 aromatic heterocycles. The number of amides is 1. The molecule has 1 fully saturated rings. The van der Waals surface area contributed by atoms with Crippen molar-refractivity contribution < 1.29 is 4.79 Å². The third kappa shape index (κ3) is 3.73. The van der Waals surface area contributed by atoms with Crippen LogP contribution in [0, 0.1) is 0 Å². The largest absolute Gasteiger partial charge is 0.371 e. The second-order valence-electron chi connectivity index (χ2n) is 5.32. The van der Waals surface area contributed by atoms with Gasteiger partial charge in [0.1, 0.15) is 0 Å². The van der Waals surface area contributed by atoms with Gasteiger partial charge in [-0.1, -0.05) is 18.2 Å². The van der Waals surface area contributed by atoms with Crippen LogP contribution in [0.3, 0.4) is 0 Å². The molecule has 1 heterocycles. The number of hydrogen-bond acceptors (Lipinski definition) is 3. The standard InChI is InChI=1S/C16H25N3O/c1-3-17-16(20)13(2)18-12-14-8-4-5-9-15(14)19-10-6-7-11-19/h4-5,8-9,13,18H,3,6-7,10-12H2,1-2H3,(H,17,20). The van der Waals surface area contributed by atoms with E-state index < -0.39 is 0 Å². The molecule has 1 aromatic carbocycles. The van der Waals surface area contributed by atoms with Gasteiger partial charge in [0.05, 0.1) is 6.04 Å². The van der Waals surface area contributed by atoms with Gasteiger partial charge in [-0.15, -0.1) is 0 Å².